The first-order chi connectivity index (χ1) is 34.9. The fourth-order valence-corrected chi connectivity index (χ4v) is 7.86. The van der Waals surface area contributed by atoms with E-state index >= 15 is 0 Å². The largest absolute Gasteiger partial charge is 0.440 e. The second kappa shape index (κ2) is 15.3. The van der Waals surface area contributed by atoms with Crippen molar-refractivity contribution in [2.45, 2.75) is 53.3 Å². The van der Waals surface area contributed by atoms with Crippen molar-refractivity contribution < 1.29 is 25.8 Å². The normalized spacial score (nSPS) is 15.1. The quantitative estimate of drug-likeness (QED) is 0.113. The molecule has 6 nitrogen and oxygen atoms in total. The molecule has 4 heterocycles. The van der Waals surface area contributed by atoms with Gasteiger partial charge < -0.3 is 4.74 Å². The second-order valence-electron chi connectivity index (χ2n) is 17.2. The lowest BCUT2D eigenvalue weighted by Gasteiger charge is -2.20. The molecule has 0 unspecified atom stereocenters. The molecule has 0 spiro atoms. The molecule has 0 saturated heterocycles. The Labute approximate surface area is 380 Å². The van der Waals surface area contributed by atoms with E-state index in [4.69, 9.17) is 31.2 Å². The molecule has 0 fully saturated rings. The fourth-order valence-electron chi connectivity index (χ4n) is 7.86. The van der Waals surface area contributed by atoms with Crippen molar-refractivity contribution in [2.24, 2.45) is 5.41 Å². The molecule has 0 radical (unpaired) electrons. The summed E-state index contributed by atoms with van der Waals surface area (Å²) in [5, 5.41) is 1.90. The van der Waals surface area contributed by atoms with E-state index in [2.05, 4.69) is 6.33 Å². The molecule has 0 aliphatic heterocycles. The van der Waals surface area contributed by atoms with Gasteiger partial charge in [0.25, 0.3) is 6.33 Å². The molecule has 10 rings (SSSR count). The van der Waals surface area contributed by atoms with Crippen molar-refractivity contribution in [1.29, 1.82) is 0 Å². The van der Waals surface area contributed by atoms with Crippen LogP contribution in [0, 0.1) is 11.7 Å². The number of para-hydroxylation sites is 4. The highest BCUT2D eigenvalue weighted by Crippen LogP contribution is 2.38. The minimum absolute atomic E-state index is 0.132. The maximum Gasteiger partial charge on any atom is 0.269 e. The van der Waals surface area contributed by atoms with Crippen molar-refractivity contribution in [1.82, 2.24) is 19.1 Å². The number of hydrogen-bond acceptors (Lipinski definition) is 3. The van der Waals surface area contributed by atoms with Gasteiger partial charge in [-0.2, -0.15) is 0 Å². The highest BCUT2D eigenvalue weighted by Gasteiger charge is 2.23. The van der Waals surface area contributed by atoms with E-state index in [9.17, 15) is 0 Å². The smallest absolute Gasteiger partial charge is 0.269 e. The molecule has 6 aromatic carbocycles. The van der Waals surface area contributed by atoms with Crippen LogP contribution in [0.2, 0.25) is 0 Å². The van der Waals surface area contributed by atoms with Gasteiger partial charge >= 0.3 is 0 Å². The molecule has 0 N–H and O–H groups in total. The van der Waals surface area contributed by atoms with Crippen LogP contribution in [0.5, 0.6) is 11.6 Å². The lowest BCUT2D eigenvalue weighted by molar-refractivity contribution is -0.571. The average Bonchev–Trinajstić information content (AvgIpc) is 3.92. The lowest BCUT2D eigenvalue weighted by atomic mass is 9.88. The van der Waals surface area contributed by atoms with Crippen LogP contribution in [0.1, 0.15) is 69.2 Å². The predicted molar refractivity (Wildman–Crippen MR) is 253 cm³/mol. The number of pyridine rings is 2. The standard InChI is InChI=1S/C56H49N5O/c1-55(2,3)36-38-30-31-57-52(32-38)61-47-25-14-13-22-45(47)46-29-28-42(35-50(46)61)62-53-34-41(33-51(58-53)56(4,5)6)59-37-60(49-27-16-15-26-48(49)59)54-43(39-18-9-7-10-19-39)23-17-24-44(54)40-20-11-8-12-21-40/h7-35H,36H2,1-6H3/i7D,8D,9D,10D,11D,12D,18D,19D,20D,21D,36D2. The van der Waals surface area contributed by atoms with Crippen LogP contribution in [0.4, 0.5) is 0 Å². The van der Waals surface area contributed by atoms with Gasteiger partial charge in [0.1, 0.15) is 11.6 Å². The van der Waals surface area contributed by atoms with Crippen molar-refractivity contribution >= 4 is 32.8 Å². The van der Waals surface area contributed by atoms with Crippen molar-refractivity contribution in [3.63, 3.8) is 0 Å². The topological polar surface area (TPSA) is 48.8 Å². The van der Waals surface area contributed by atoms with Gasteiger partial charge in [0.05, 0.1) is 47.1 Å². The summed E-state index contributed by atoms with van der Waals surface area (Å²) in [5.41, 5.74) is 3.39. The van der Waals surface area contributed by atoms with Crippen LogP contribution in [0.3, 0.4) is 0 Å². The summed E-state index contributed by atoms with van der Waals surface area (Å²) >= 11 is 0. The van der Waals surface area contributed by atoms with Gasteiger partial charge in [-0.3, -0.25) is 13.7 Å². The minimum Gasteiger partial charge on any atom is -0.440 e. The first kappa shape index (κ1) is 27.5. The minimum atomic E-state index is -1.67. The van der Waals surface area contributed by atoms with Crippen LogP contribution in [-0.2, 0) is 11.8 Å². The number of fused-ring (bicyclic) bond motifs is 4. The highest BCUT2D eigenvalue weighted by atomic mass is 16.5. The number of ether oxygens (including phenoxy) is 1. The third-order valence-corrected chi connectivity index (χ3v) is 10.5. The van der Waals surface area contributed by atoms with Crippen molar-refractivity contribution in [3.05, 3.63) is 193 Å². The van der Waals surface area contributed by atoms with E-state index in [1.807, 2.05) is 113 Å². The number of rotatable bonds is 8. The van der Waals surface area contributed by atoms with E-state index in [0.29, 0.717) is 39.5 Å². The van der Waals surface area contributed by atoms with E-state index in [1.54, 1.807) is 57.8 Å². The number of benzene rings is 6. The third kappa shape index (κ3) is 7.32. The SMILES string of the molecule is [2H]c1c([2H])c([2H])c(-c2cccc(-c3c([2H])c([2H])c([2H])c([2H])c3[2H])c2-[n+]2[c-]n(-c3cc(Oc4ccc5c6ccccc6n(-c6cc(C([2H])([2H])C(C)(C)C)ccn6)c5c4)nc(C(C)(C)C)c3)c3ccccc32)c([2H])c1[2H]. The summed E-state index contributed by atoms with van der Waals surface area (Å²) in [6.45, 7) is 11.7. The predicted octanol–water partition coefficient (Wildman–Crippen LogP) is 13.6. The Bertz CT molecular complexity index is 3820. The molecule has 62 heavy (non-hydrogen) atoms. The van der Waals surface area contributed by atoms with Crippen LogP contribution in [0.15, 0.2) is 176 Å². The van der Waals surface area contributed by atoms with Gasteiger partial charge in [0.15, 0.2) is 0 Å². The number of aromatic nitrogens is 5. The van der Waals surface area contributed by atoms with Crippen LogP contribution >= 0.6 is 0 Å². The van der Waals surface area contributed by atoms with Crippen LogP contribution in [-0.4, -0.2) is 19.1 Å². The van der Waals surface area contributed by atoms with Gasteiger partial charge in [0, 0.05) is 43.0 Å². The molecule has 4 aromatic heterocycles. The summed E-state index contributed by atoms with van der Waals surface area (Å²) in [7, 11) is 0. The van der Waals surface area contributed by atoms with Crippen molar-refractivity contribution in [2.75, 3.05) is 0 Å². The maximum atomic E-state index is 9.07. The summed E-state index contributed by atoms with van der Waals surface area (Å²) in [6, 6.07) is 27.6. The molecule has 304 valence electrons. The molecule has 0 aliphatic rings. The second-order valence-corrected chi connectivity index (χ2v) is 17.2. The molecular weight excluding hydrogens is 759 g/mol. The summed E-state index contributed by atoms with van der Waals surface area (Å²) in [4.78, 5) is 9.78. The average molecular weight is 820 g/mol. The summed E-state index contributed by atoms with van der Waals surface area (Å²) in [6.07, 6.45) is 3.44. The fraction of sp³-hybridized carbons (Fsp3) is 0.161. The molecule has 0 bridgehead atoms. The van der Waals surface area contributed by atoms with Crippen molar-refractivity contribution in [3.8, 4) is 51.1 Å². The van der Waals surface area contributed by atoms with E-state index in [-0.39, 0.29) is 33.8 Å². The zero-order valence-electron chi connectivity index (χ0n) is 47.1. The zero-order chi connectivity index (χ0) is 53.1. The highest BCUT2D eigenvalue weighted by molar-refractivity contribution is 6.09. The van der Waals surface area contributed by atoms with Gasteiger partial charge in [-0.15, -0.1) is 0 Å². The van der Waals surface area contributed by atoms with Gasteiger partial charge in [0.2, 0.25) is 5.88 Å². The van der Waals surface area contributed by atoms with Gasteiger partial charge in [-0.05, 0) is 76.0 Å². The first-order valence-electron chi connectivity index (χ1n) is 26.3. The molecule has 6 heteroatoms. The number of nitrogens with zero attached hydrogens (tertiary/aromatic N) is 5. The summed E-state index contributed by atoms with van der Waals surface area (Å²) < 4.78 is 118. The monoisotopic (exact) mass is 819 g/mol. The van der Waals surface area contributed by atoms with E-state index in [0.717, 1.165) is 21.8 Å². The third-order valence-electron chi connectivity index (χ3n) is 10.5. The van der Waals surface area contributed by atoms with E-state index < -0.39 is 77.6 Å². The first-order valence-corrected chi connectivity index (χ1v) is 20.3. The Morgan fingerprint density at radius 2 is 1.34 bits per heavy atom. The number of imidazole rings is 1. The Morgan fingerprint density at radius 3 is 2.03 bits per heavy atom. The van der Waals surface area contributed by atoms with E-state index in [1.165, 1.54) is 0 Å². The van der Waals surface area contributed by atoms with Gasteiger partial charge in [-0.1, -0.05) is 163 Å². The molecule has 0 amide bonds. The lowest BCUT2D eigenvalue weighted by Crippen LogP contribution is -2.31. The molecular formula is C56H49N5O. The maximum absolute atomic E-state index is 9.07. The summed E-state index contributed by atoms with van der Waals surface area (Å²) in [5.74, 6) is 1.24. The molecule has 0 saturated carbocycles. The Balaban J connectivity index is 1.19. The van der Waals surface area contributed by atoms with Crippen LogP contribution in [0.25, 0.3) is 72.3 Å². The molecule has 10 aromatic rings. The Kier molecular flexibility index (Phi) is 6.79. The number of hydrogen-bond donors (Lipinski definition) is 0. The van der Waals surface area contributed by atoms with Gasteiger partial charge in [-0.25, -0.2) is 9.97 Å². The Hall–Kier alpha value is -7.31. The zero-order valence-corrected chi connectivity index (χ0v) is 35.1. The molecule has 0 atom stereocenters. The Morgan fingerprint density at radius 1 is 0.677 bits per heavy atom. The molecule has 0 aliphatic carbocycles. The van der Waals surface area contributed by atoms with Crippen LogP contribution < -0.4 is 9.30 Å².